The Hall–Kier alpha value is -1.41. The summed E-state index contributed by atoms with van der Waals surface area (Å²) < 4.78 is 33.2. The van der Waals surface area contributed by atoms with Gasteiger partial charge in [-0.05, 0) is 31.2 Å². The molecule has 1 aliphatic rings. The second-order valence-electron chi connectivity index (χ2n) is 5.30. The van der Waals surface area contributed by atoms with Crippen LogP contribution < -0.4 is 10.1 Å². The average molecular weight is 356 g/mol. The zero-order valence-electron chi connectivity index (χ0n) is 12.8. The molecule has 1 aromatic carbocycles. The van der Waals surface area contributed by atoms with Crippen molar-refractivity contribution in [2.45, 2.75) is 11.3 Å². The molecule has 2 aromatic rings. The number of sulfonamides is 1. The predicted octanol–water partition coefficient (Wildman–Crippen LogP) is 1.88. The van der Waals surface area contributed by atoms with Crippen LogP contribution >= 0.6 is 11.6 Å². The number of hydrogen-bond donors (Lipinski definition) is 1. The second-order valence-corrected chi connectivity index (χ2v) is 7.53. The number of pyridine rings is 1. The van der Waals surface area contributed by atoms with Gasteiger partial charge in [0.2, 0.25) is 10.0 Å². The summed E-state index contributed by atoms with van der Waals surface area (Å²) >= 11 is 6.12. The maximum Gasteiger partial charge on any atom is 0.247 e. The van der Waals surface area contributed by atoms with E-state index in [9.17, 15) is 8.42 Å². The van der Waals surface area contributed by atoms with Crippen LogP contribution in [0.1, 0.15) is 6.42 Å². The van der Waals surface area contributed by atoms with Crippen molar-refractivity contribution in [1.29, 1.82) is 0 Å². The van der Waals surface area contributed by atoms with E-state index in [-0.39, 0.29) is 10.0 Å². The summed E-state index contributed by atoms with van der Waals surface area (Å²) in [7, 11) is -2.22. The standard InChI is InChI=1S/C15H18ClN3O3S/c1-22-13-4-3-12-11(5-7-18-15(12)16)14(13)23(20,21)19-9-2-6-17-8-10-19/h3-5,7,17H,2,6,8-10H2,1H3. The largest absolute Gasteiger partial charge is 0.495 e. The van der Waals surface area contributed by atoms with Gasteiger partial charge in [-0.2, -0.15) is 4.31 Å². The fraction of sp³-hybridized carbons (Fsp3) is 0.400. The Balaban J connectivity index is 2.22. The minimum atomic E-state index is -3.69. The average Bonchev–Trinajstić information content (AvgIpc) is 2.83. The van der Waals surface area contributed by atoms with Gasteiger partial charge < -0.3 is 10.1 Å². The smallest absolute Gasteiger partial charge is 0.247 e. The van der Waals surface area contributed by atoms with E-state index in [2.05, 4.69) is 10.3 Å². The third-order valence-electron chi connectivity index (χ3n) is 3.93. The van der Waals surface area contributed by atoms with Crippen molar-refractivity contribution in [3.05, 3.63) is 29.5 Å². The Morgan fingerprint density at radius 3 is 2.83 bits per heavy atom. The van der Waals surface area contributed by atoms with Crippen molar-refractivity contribution in [2.24, 2.45) is 0 Å². The highest BCUT2D eigenvalue weighted by Gasteiger charge is 2.30. The maximum atomic E-state index is 13.2. The van der Waals surface area contributed by atoms with Gasteiger partial charge in [0.1, 0.15) is 15.8 Å². The zero-order valence-corrected chi connectivity index (χ0v) is 14.3. The van der Waals surface area contributed by atoms with Crippen LogP contribution in [0.5, 0.6) is 5.75 Å². The van der Waals surface area contributed by atoms with Gasteiger partial charge in [-0.25, -0.2) is 13.4 Å². The number of hydrogen-bond acceptors (Lipinski definition) is 5. The number of ether oxygens (including phenoxy) is 1. The van der Waals surface area contributed by atoms with Crippen molar-refractivity contribution in [3.8, 4) is 5.75 Å². The number of methoxy groups -OCH3 is 1. The van der Waals surface area contributed by atoms with E-state index in [1.807, 2.05) is 0 Å². The summed E-state index contributed by atoms with van der Waals surface area (Å²) in [6.07, 6.45) is 2.28. The molecule has 0 bridgehead atoms. The topological polar surface area (TPSA) is 71.5 Å². The molecule has 0 radical (unpaired) electrons. The minimum absolute atomic E-state index is 0.156. The molecule has 0 atom stereocenters. The van der Waals surface area contributed by atoms with Gasteiger partial charge in [0, 0.05) is 36.6 Å². The molecule has 0 spiro atoms. The molecule has 8 heteroatoms. The fourth-order valence-electron chi connectivity index (χ4n) is 2.79. The lowest BCUT2D eigenvalue weighted by Gasteiger charge is -2.22. The molecule has 0 saturated carbocycles. The fourth-order valence-corrected chi connectivity index (χ4v) is 4.83. The van der Waals surface area contributed by atoms with Crippen molar-refractivity contribution in [3.63, 3.8) is 0 Å². The molecule has 3 rings (SSSR count). The number of fused-ring (bicyclic) bond motifs is 1. The first-order chi connectivity index (χ1) is 11.1. The molecule has 1 N–H and O–H groups in total. The highest BCUT2D eigenvalue weighted by molar-refractivity contribution is 7.89. The predicted molar refractivity (Wildman–Crippen MR) is 89.6 cm³/mol. The van der Waals surface area contributed by atoms with Gasteiger partial charge in [-0.1, -0.05) is 11.6 Å². The highest BCUT2D eigenvalue weighted by Crippen LogP contribution is 2.36. The normalized spacial score (nSPS) is 17.1. The van der Waals surface area contributed by atoms with Crippen LogP contribution in [0.15, 0.2) is 29.3 Å². The first kappa shape index (κ1) is 16.4. The third-order valence-corrected chi connectivity index (χ3v) is 6.21. The van der Waals surface area contributed by atoms with Gasteiger partial charge in [-0.3, -0.25) is 0 Å². The quantitative estimate of drug-likeness (QED) is 0.851. The molecule has 6 nitrogen and oxygen atoms in total. The van der Waals surface area contributed by atoms with Crippen molar-refractivity contribution >= 4 is 32.4 Å². The second kappa shape index (κ2) is 6.60. The van der Waals surface area contributed by atoms with E-state index in [4.69, 9.17) is 16.3 Å². The Morgan fingerprint density at radius 1 is 1.22 bits per heavy atom. The number of nitrogens with zero attached hydrogens (tertiary/aromatic N) is 2. The van der Waals surface area contributed by atoms with E-state index in [0.717, 1.165) is 13.0 Å². The molecular weight excluding hydrogens is 338 g/mol. The van der Waals surface area contributed by atoms with Crippen LogP contribution in [0.25, 0.3) is 10.8 Å². The Labute approximate surface area is 140 Å². The molecular formula is C15H18ClN3O3S. The van der Waals surface area contributed by atoms with E-state index in [1.54, 1.807) is 18.2 Å². The van der Waals surface area contributed by atoms with Crippen LogP contribution in [-0.2, 0) is 10.0 Å². The molecule has 1 fully saturated rings. The summed E-state index contributed by atoms with van der Waals surface area (Å²) in [5.74, 6) is 0.317. The van der Waals surface area contributed by atoms with Gasteiger partial charge in [0.05, 0.1) is 7.11 Å². The van der Waals surface area contributed by atoms with Crippen molar-refractivity contribution in [2.75, 3.05) is 33.3 Å². The van der Waals surface area contributed by atoms with Crippen LogP contribution in [0, 0.1) is 0 Å². The van der Waals surface area contributed by atoms with Gasteiger partial charge in [0.15, 0.2) is 0 Å². The molecule has 1 aromatic heterocycles. The molecule has 0 amide bonds. The molecule has 23 heavy (non-hydrogen) atoms. The molecule has 2 heterocycles. The minimum Gasteiger partial charge on any atom is -0.495 e. The number of nitrogens with one attached hydrogen (secondary N) is 1. The summed E-state index contributed by atoms with van der Waals surface area (Å²) in [5.41, 5.74) is 0. The molecule has 1 aliphatic heterocycles. The van der Waals surface area contributed by atoms with Crippen molar-refractivity contribution in [1.82, 2.24) is 14.6 Å². The lowest BCUT2D eigenvalue weighted by atomic mass is 10.2. The van der Waals surface area contributed by atoms with E-state index < -0.39 is 10.0 Å². The molecule has 1 saturated heterocycles. The van der Waals surface area contributed by atoms with E-state index in [1.165, 1.54) is 17.6 Å². The summed E-state index contributed by atoms with van der Waals surface area (Å²) in [4.78, 5) is 4.18. The first-order valence-corrected chi connectivity index (χ1v) is 9.19. The Morgan fingerprint density at radius 2 is 2.04 bits per heavy atom. The monoisotopic (exact) mass is 355 g/mol. The Bertz CT molecular complexity index is 818. The number of rotatable bonds is 3. The summed E-state index contributed by atoms with van der Waals surface area (Å²) in [6.45, 7) is 2.36. The lowest BCUT2D eigenvalue weighted by molar-refractivity contribution is 0.395. The van der Waals surface area contributed by atoms with Gasteiger partial charge in [0.25, 0.3) is 0 Å². The van der Waals surface area contributed by atoms with Crippen LogP contribution in [0.2, 0.25) is 5.15 Å². The highest BCUT2D eigenvalue weighted by atomic mass is 35.5. The molecule has 124 valence electrons. The number of aromatic nitrogens is 1. The molecule has 0 unspecified atom stereocenters. The third kappa shape index (κ3) is 3.01. The zero-order chi connectivity index (χ0) is 16.4. The first-order valence-electron chi connectivity index (χ1n) is 7.38. The molecule has 0 aliphatic carbocycles. The SMILES string of the molecule is COc1ccc2c(Cl)nccc2c1S(=O)(=O)N1CCCNCC1. The van der Waals surface area contributed by atoms with Gasteiger partial charge >= 0.3 is 0 Å². The Kier molecular flexibility index (Phi) is 4.72. The van der Waals surface area contributed by atoms with Crippen LogP contribution in [-0.4, -0.2) is 51.0 Å². The number of benzene rings is 1. The van der Waals surface area contributed by atoms with Crippen LogP contribution in [0.3, 0.4) is 0 Å². The van der Waals surface area contributed by atoms with E-state index in [0.29, 0.717) is 36.2 Å². The number of halogens is 1. The summed E-state index contributed by atoms with van der Waals surface area (Å²) in [5, 5.41) is 4.61. The van der Waals surface area contributed by atoms with Crippen molar-refractivity contribution < 1.29 is 13.2 Å². The van der Waals surface area contributed by atoms with E-state index >= 15 is 0 Å². The maximum absolute atomic E-state index is 13.2. The lowest BCUT2D eigenvalue weighted by Crippen LogP contribution is -2.34. The van der Waals surface area contributed by atoms with Crippen LogP contribution in [0.4, 0.5) is 0 Å². The van der Waals surface area contributed by atoms with Gasteiger partial charge in [-0.15, -0.1) is 0 Å². The summed E-state index contributed by atoms with van der Waals surface area (Å²) in [6, 6.07) is 5.01.